The normalized spacial score (nSPS) is 11.5. The van der Waals surface area contributed by atoms with Gasteiger partial charge in [-0.1, -0.05) is 59.6 Å². The topological polar surface area (TPSA) is 87.3 Å². The van der Waals surface area contributed by atoms with Crippen molar-refractivity contribution >= 4 is 70.1 Å². The Balaban J connectivity index is 1.43. The van der Waals surface area contributed by atoms with Crippen LogP contribution in [-0.4, -0.2) is 23.5 Å². The lowest BCUT2D eigenvalue weighted by Crippen LogP contribution is -2.30. The van der Waals surface area contributed by atoms with Crippen LogP contribution in [0.2, 0.25) is 10.0 Å². The Labute approximate surface area is 259 Å². The Morgan fingerprint density at radius 2 is 1.40 bits per heavy atom. The number of hydrogen-bond donors (Lipinski definition) is 3. The molecule has 0 aliphatic heterocycles. The van der Waals surface area contributed by atoms with Crippen LogP contribution in [0.1, 0.15) is 21.5 Å². The van der Waals surface area contributed by atoms with Crippen molar-refractivity contribution in [1.82, 2.24) is 5.32 Å². The minimum atomic E-state index is -4.60. The van der Waals surface area contributed by atoms with E-state index >= 15 is 0 Å². The van der Waals surface area contributed by atoms with Crippen LogP contribution in [0.5, 0.6) is 0 Å². The number of alkyl halides is 3. The highest BCUT2D eigenvalue weighted by molar-refractivity contribution is 8.00. The van der Waals surface area contributed by atoms with Crippen LogP contribution in [0.3, 0.4) is 0 Å². The van der Waals surface area contributed by atoms with Crippen LogP contribution in [0.15, 0.2) is 108 Å². The molecule has 4 rings (SSSR count). The maximum atomic E-state index is 13.3. The number of para-hydroxylation sites is 1. The Kier molecular flexibility index (Phi) is 10.5. The number of hydrogen-bond acceptors (Lipinski definition) is 4. The number of halogens is 5. The van der Waals surface area contributed by atoms with Gasteiger partial charge in [-0.3, -0.25) is 14.4 Å². The van der Waals surface area contributed by atoms with Crippen molar-refractivity contribution in [1.29, 1.82) is 0 Å². The van der Waals surface area contributed by atoms with Crippen molar-refractivity contribution in [3.63, 3.8) is 0 Å². The molecule has 0 saturated carbocycles. The second kappa shape index (κ2) is 14.3. The second-order valence-electron chi connectivity index (χ2n) is 8.87. The van der Waals surface area contributed by atoms with Gasteiger partial charge in [-0.2, -0.15) is 13.2 Å². The molecule has 3 N–H and O–H groups in total. The van der Waals surface area contributed by atoms with Crippen molar-refractivity contribution in [2.24, 2.45) is 0 Å². The predicted molar refractivity (Wildman–Crippen MR) is 164 cm³/mol. The molecule has 0 unspecified atom stereocenters. The molecule has 3 amide bonds. The molecule has 6 nitrogen and oxygen atoms in total. The largest absolute Gasteiger partial charge is 0.418 e. The van der Waals surface area contributed by atoms with Crippen LogP contribution >= 0.6 is 35.0 Å². The molecular formula is C31H22Cl2F3N3O3S. The molecule has 4 aromatic rings. The van der Waals surface area contributed by atoms with Crippen molar-refractivity contribution in [3.05, 3.63) is 129 Å². The summed E-state index contributed by atoms with van der Waals surface area (Å²) in [5, 5.41) is 8.16. The van der Waals surface area contributed by atoms with E-state index in [2.05, 4.69) is 16.0 Å². The van der Waals surface area contributed by atoms with Gasteiger partial charge in [-0.25, -0.2) is 0 Å². The zero-order valence-electron chi connectivity index (χ0n) is 22.0. The van der Waals surface area contributed by atoms with Crippen molar-refractivity contribution < 1.29 is 27.6 Å². The molecule has 0 aromatic heterocycles. The Morgan fingerprint density at radius 1 is 0.767 bits per heavy atom. The summed E-state index contributed by atoms with van der Waals surface area (Å²) in [6, 6.07) is 24.3. The number of thioether (sulfide) groups is 1. The fourth-order valence-electron chi connectivity index (χ4n) is 3.74. The molecule has 0 bridgehead atoms. The van der Waals surface area contributed by atoms with Crippen molar-refractivity contribution in [3.8, 4) is 0 Å². The second-order valence-corrected chi connectivity index (χ2v) is 10.7. The Bertz CT molecular complexity index is 1640. The maximum Gasteiger partial charge on any atom is 0.418 e. The summed E-state index contributed by atoms with van der Waals surface area (Å²) >= 11 is 13.7. The monoisotopic (exact) mass is 643 g/mol. The fourth-order valence-corrected chi connectivity index (χ4v) is 4.95. The maximum absolute atomic E-state index is 13.3. The van der Waals surface area contributed by atoms with E-state index < -0.39 is 29.5 Å². The summed E-state index contributed by atoms with van der Waals surface area (Å²) < 4.78 is 39.6. The quantitative estimate of drug-likeness (QED) is 0.127. The number of anilines is 2. The molecule has 43 heavy (non-hydrogen) atoms. The summed E-state index contributed by atoms with van der Waals surface area (Å²) in [6.07, 6.45) is -3.23. The summed E-state index contributed by atoms with van der Waals surface area (Å²) in [7, 11) is 0. The summed E-state index contributed by atoms with van der Waals surface area (Å²) in [5.41, 5.74) is -0.314. The average Bonchev–Trinajstić information content (AvgIpc) is 2.98. The number of nitrogens with one attached hydrogen (secondary N) is 3. The van der Waals surface area contributed by atoms with Crippen molar-refractivity contribution in [2.75, 3.05) is 16.4 Å². The van der Waals surface area contributed by atoms with E-state index in [1.807, 2.05) is 0 Å². The van der Waals surface area contributed by atoms with Gasteiger partial charge < -0.3 is 16.0 Å². The fraction of sp³-hybridized carbons (Fsp3) is 0.0645. The van der Waals surface area contributed by atoms with Gasteiger partial charge in [0.05, 0.1) is 17.0 Å². The van der Waals surface area contributed by atoms with E-state index in [9.17, 15) is 27.6 Å². The van der Waals surface area contributed by atoms with Gasteiger partial charge in [0.2, 0.25) is 5.91 Å². The molecule has 4 aromatic carbocycles. The van der Waals surface area contributed by atoms with Gasteiger partial charge in [0, 0.05) is 31.8 Å². The van der Waals surface area contributed by atoms with Gasteiger partial charge in [0.25, 0.3) is 11.8 Å². The molecule has 0 spiro atoms. The van der Waals surface area contributed by atoms with Crippen LogP contribution in [0, 0.1) is 0 Å². The van der Waals surface area contributed by atoms with Crippen LogP contribution in [0.4, 0.5) is 24.5 Å². The Hall–Kier alpha value is -4.25. The van der Waals surface area contributed by atoms with Crippen LogP contribution < -0.4 is 16.0 Å². The van der Waals surface area contributed by atoms with Gasteiger partial charge in [0.15, 0.2) is 0 Å². The van der Waals surface area contributed by atoms with E-state index in [-0.39, 0.29) is 27.2 Å². The molecule has 0 aliphatic carbocycles. The predicted octanol–water partition coefficient (Wildman–Crippen LogP) is 8.15. The molecule has 220 valence electrons. The third kappa shape index (κ3) is 8.87. The van der Waals surface area contributed by atoms with Gasteiger partial charge >= 0.3 is 6.18 Å². The van der Waals surface area contributed by atoms with E-state index in [0.29, 0.717) is 21.7 Å². The van der Waals surface area contributed by atoms with E-state index in [0.717, 1.165) is 17.8 Å². The molecule has 0 fully saturated rings. The highest BCUT2D eigenvalue weighted by atomic mass is 35.5. The number of rotatable bonds is 9. The molecule has 0 aliphatic rings. The van der Waals surface area contributed by atoms with E-state index in [1.54, 1.807) is 72.8 Å². The number of carbonyl (C=O) groups excluding carboxylic acids is 3. The minimum Gasteiger partial charge on any atom is -0.325 e. The van der Waals surface area contributed by atoms with E-state index in [1.165, 1.54) is 24.3 Å². The lowest BCUT2D eigenvalue weighted by molar-refractivity contribution is -0.137. The molecule has 0 atom stereocenters. The molecular weight excluding hydrogens is 622 g/mol. The lowest BCUT2D eigenvalue weighted by atomic mass is 10.1. The van der Waals surface area contributed by atoms with Gasteiger partial charge in [-0.15, -0.1) is 11.8 Å². The first-order valence-corrected chi connectivity index (χ1v) is 14.3. The SMILES string of the molecule is O=C(CSc1ccc(NC(=O)/C(=C/c2c(Cl)cccc2Cl)NC(=O)c2ccccc2)cc1)Nc1ccccc1C(F)(F)F. The molecule has 0 radical (unpaired) electrons. The molecule has 0 heterocycles. The van der Waals surface area contributed by atoms with E-state index in [4.69, 9.17) is 23.2 Å². The zero-order chi connectivity index (χ0) is 31.0. The third-order valence-corrected chi connectivity index (χ3v) is 7.48. The standard InChI is InChI=1S/C31H22Cl2F3N3O3S/c32-24-10-6-11-25(33)22(24)17-27(39-29(41)19-7-2-1-3-8-19)30(42)37-20-13-15-21(16-14-20)43-18-28(40)38-26-12-5-4-9-23(26)31(34,35)36/h1-17H,18H2,(H,37,42)(H,38,40)(H,39,41)/b27-17-. The highest BCUT2D eigenvalue weighted by Gasteiger charge is 2.33. The molecule has 12 heteroatoms. The smallest absolute Gasteiger partial charge is 0.325 e. The first-order chi connectivity index (χ1) is 20.5. The first-order valence-electron chi connectivity index (χ1n) is 12.5. The van der Waals surface area contributed by atoms with Crippen LogP contribution in [0.25, 0.3) is 6.08 Å². The molecule has 0 saturated heterocycles. The third-order valence-electron chi connectivity index (χ3n) is 5.81. The minimum absolute atomic E-state index is 0.113. The van der Waals surface area contributed by atoms with Crippen molar-refractivity contribution in [2.45, 2.75) is 11.1 Å². The summed E-state index contributed by atoms with van der Waals surface area (Å²) in [4.78, 5) is 39.1. The zero-order valence-corrected chi connectivity index (χ0v) is 24.4. The average molecular weight is 645 g/mol. The highest BCUT2D eigenvalue weighted by Crippen LogP contribution is 2.34. The number of benzene rings is 4. The van der Waals surface area contributed by atoms with Crippen LogP contribution in [-0.2, 0) is 15.8 Å². The lowest BCUT2D eigenvalue weighted by Gasteiger charge is -2.13. The summed E-state index contributed by atoms with van der Waals surface area (Å²) in [6.45, 7) is 0. The Morgan fingerprint density at radius 3 is 2.05 bits per heavy atom. The number of carbonyl (C=O) groups is 3. The first kappa shape index (κ1) is 31.7. The summed E-state index contributed by atoms with van der Waals surface area (Å²) in [5.74, 6) is -1.92. The van der Waals surface area contributed by atoms with Gasteiger partial charge in [-0.05, 0) is 66.7 Å². The van der Waals surface area contributed by atoms with Gasteiger partial charge in [0.1, 0.15) is 5.70 Å². The number of amides is 3.